The third-order valence-corrected chi connectivity index (χ3v) is 5.33. The van der Waals surface area contributed by atoms with E-state index in [1.54, 1.807) is 0 Å². The smallest absolute Gasteiger partial charge is 0.0350 e. The first kappa shape index (κ1) is 12.2. The minimum atomic E-state index is -0.622. The Morgan fingerprint density at radius 3 is 2.57 bits per heavy atom. The first-order chi connectivity index (χ1) is 6.65. The van der Waals surface area contributed by atoms with Crippen LogP contribution in [0.4, 0.5) is 0 Å². The van der Waals surface area contributed by atoms with E-state index >= 15 is 0 Å². The minimum Gasteiger partial charge on any atom is -0.330 e. The highest BCUT2D eigenvalue weighted by Gasteiger charge is 2.27. The van der Waals surface area contributed by atoms with Crippen molar-refractivity contribution in [1.82, 2.24) is 0 Å². The SMILES string of the molecule is CC1CCC(S(=O)CCCN)CC1C. The van der Waals surface area contributed by atoms with Gasteiger partial charge in [0.25, 0.3) is 0 Å². The summed E-state index contributed by atoms with van der Waals surface area (Å²) in [4.78, 5) is 0. The van der Waals surface area contributed by atoms with Crippen molar-refractivity contribution in [2.75, 3.05) is 12.3 Å². The summed E-state index contributed by atoms with van der Waals surface area (Å²) in [5.74, 6) is 2.37. The number of hydrogen-bond acceptors (Lipinski definition) is 2. The summed E-state index contributed by atoms with van der Waals surface area (Å²) in [6.45, 7) is 5.27. The van der Waals surface area contributed by atoms with Crippen LogP contribution in [0.25, 0.3) is 0 Å². The second kappa shape index (κ2) is 5.86. The van der Waals surface area contributed by atoms with Gasteiger partial charge < -0.3 is 5.73 Å². The first-order valence-corrected chi connectivity index (χ1v) is 7.10. The van der Waals surface area contributed by atoms with Crippen molar-refractivity contribution < 1.29 is 4.21 Å². The molecule has 14 heavy (non-hydrogen) atoms. The fraction of sp³-hybridized carbons (Fsp3) is 1.00. The van der Waals surface area contributed by atoms with Gasteiger partial charge in [-0.25, -0.2) is 0 Å². The topological polar surface area (TPSA) is 43.1 Å². The van der Waals surface area contributed by atoms with E-state index in [0.29, 0.717) is 11.8 Å². The van der Waals surface area contributed by atoms with Crippen LogP contribution in [0.3, 0.4) is 0 Å². The molecule has 0 aromatic heterocycles. The Morgan fingerprint density at radius 2 is 2.00 bits per heavy atom. The van der Waals surface area contributed by atoms with Gasteiger partial charge in [-0.1, -0.05) is 13.8 Å². The van der Waals surface area contributed by atoms with Crippen LogP contribution in [0.15, 0.2) is 0 Å². The molecule has 3 heteroatoms. The van der Waals surface area contributed by atoms with E-state index in [2.05, 4.69) is 13.8 Å². The molecule has 0 spiro atoms. The van der Waals surface area contributed by atoms with E-state index in [4.69, 9.17) is 5.73 Å². The molecular formula is C11H23NOS. The van der Waals surface area contributed by atoms with Gasteiger partial charge in [-0.15, -0.1) is 0 Å². The van der Waals surface area contributed by atoms with Gasteiger partial charge in [0.05, 0.1) is 0 Å². The Balaban J connectivity index is 2.34. The molecule has 1 aliphatic rings. The van der Waals surface area contributed by atoms with E-state index in [1.807, 2.05) is 0 Å². The van der Waals surface area contributed by atoms with Gasteiger partial charge in [-0.2, -0.15) is 0 Å². The van der Waals surface area contributed by atoms with Crippen molar-refractivity contribution in [2.24, 2.45) is 17.6 Å². The summed E-state index contributed by atoms with van der Waals surface area (Å²) in [5.41, 5.74) is 5.42. The summed E-state index contributed by atoms with van der Waals surface area (Å²) >= 11 is 0. The fourth-order valence-corrected chi connectivity index (χ4v) is 3.83. The molecule has 2 nitrogen and oxygen atoms in total. The molecule has 1 fully saturated rings. The predicted octanol–water partition coefficient (Wildman–Crippen LogP) is 1.91. The molecule has 4 unspecified atom stereocenters. The maximum Gasteiger partial charge on any atom is 0.0350 e. The van der Waals surface area contributed by atoms with Crippen LogP contribution in [0.1, 0.15) is 39.5 Å². The maximum absolute atomic E-state index is 11.9. The monoisotopic (exact) mass is 217 g/mol. The molecule has 0 aromatic rings. The molecule has 0 heterocycles. The lowest BCUT2D eigenvalue weighted by Crippen LogP contribution is -2.29. The molecule has 0 radical (unpaired) electrons. The van der Waals surface area contributed by atoms with Crippen LogP contribution in [-0.4, -0.2) is 21.8 Å². The molecule has 0 aliphatic heterocycles. The Hall–Kier alpha value is 0.110. The van der Waals surface area contributed by atoms with Crippen molar-refractivity contribution in [1.29, 1.82) is 0 Å². The molecule has 0 bridgehead atoms. The fourth-order valence-electron chi connectivity index (χ4n) is 2.13. The minimum absolute atomic E-state index is 0.452. The van der Waals surface area contributed by atoms with E-state index in [9.17, 15) is 4.21 Å². The normalized spacial score (nSPS) is 35.5. The van der Waals surface area contributed by atoms with E-state index < -0.39 is 10.8 Å². The molecule has 0 amide bonds. The van der Waals surface area contributed by atoms with Gasteiger partial charge in [-0.05, 0) is 44.1 Å². The van der Waals surface area contributed by atoms with Crippen molar-refractivity contribution in [3.05, 3.63) is 0 Å². The lowest BCUT2D eigenvalue weighted by molar-refractivity contribution is 0.281. The Morgan fingerprint density at radius 1 is 1.29 bits per heavy atom. The van der Waals surface area contributed by atoms with Crippen molar-refractivity contribution >= 4 is 10.8 Å². The molecule has 4 atom stereocenters. The number of rotatable bonds is 4. The number of nitrogens with two attached hydrogens (primary N) is 1. The van der Waals surface area contributed by atoms with E-state index in [0.717, 1.165) is 36.9 Å². The number of hydrogen-bond donors (Lipinski definition) is 1. The summed E-state index contributed by atoms with van der Waals surface area (Å²) in [5, 5.41) is 0.452. The van der Waals surface area contributed by atoms with Crippen LogP contribution < -0.4 is 5.73 Å². The molecule has 84 valence electrons. The van der Waals surface area contributed by atoms with Crippen molar-refractivity contribution in [2.45, 2.75) is 44.8 Å². The van der Waals surface area contributed by atoms with Gasteiger partial charge in [0.1, 0.15) is 0 Å². The summed E-state index contributed by atoms with van der Waals surface area (Å²) in [6, 6.07) is 0. The summed E-state index contributed by atoms with van der Waals surface area (Å²) in [6.07, 6.45) is 4.47. The molecule has 0 aromatic carbocycles. The van der Waals surface area contributed by atoms with Gasteiger partial charge in [0.2, 0.25) is 0 Å². The van der Waals surface area contributed by atoms with Crippen LogP contribution in [0.2, 0.25) is 0 Å². The second-order valence-electron chi connectivity index (χ2n) is 4.62. The molecule has 2 N–H and O–H groups in total. The summed E-state index contributed by atoms with van der Waals surface area (Å²) < 4.78 is 11.9. The lowest BCUT2D eigenvalue weighted by atomic mass is 9.81. The van der Waals surface area contributed by atoms with Gasteiger partial charge in [0, 0.05) is 21.8 Å². The van der Waals surface area contributed by atoms with Gasteiger partial charge in [0.15, 0.2) is 0 Å². The zero-order valence-electron chi connectivity index (χ0n) is 9.37. The highest BCUT2D eigenvalue weighted by molar-refractivity contribution is 7.85. The van der Waals surface area contributed by atoms with Crippen molar-refractivity contribution in [3.63, 3.8) is 0 Å². The molecule has 1 rings (SSSR count). The van der Waals surface area contributed by atoms with Crippen LogP contribution in [0, 0.1) is 11.8 Å². The maximum atomic E-state index is 11.9. The van der Waals surface area contributed by atoms with Crippen molar-refractivity contribution in [3.8, 4) is 0 Å². The Kier molecular flexibility index (Phi) is 5.10. The Bertz CT molecular complexity index is 196. The predicted molar refractivity (Wildman–Crippen MR) is 62.6 cm³/mol. The van der Waals surface area contributed by atoms with Crippen LogP contribution in [0.5, 0.6) is 0 Å². The average Bonchev–Trinajstić information content (AvgIpc) is 2.18. The average molecular weight is 217 g/mol. The quantitative estimate of drug-likeness (QED) is 0.781. The Labute approximate surface area is 90.1 Å². The van der Waals surface area contributed by atoms with E-state index in [-0.39, 0.29) is 0 Å². The van der Waals surface area contributed by atoms with E-state index in [1.165, 1.54) is 6.42 Å². The largest absolute Gasteiger partial charge is 0.330 e. The van der Waals surface area contributed by atoms with Gasteiger partial charge >= 0.3 is 0 Å². The third-order valence-electron chi connectivity index (χ3n) is 3.47. The standard InChI is InChI=1S/C11H23NOS/c1-9-4-5-11(8-10(9)2)14(13)7-3-6-12/h9-11H,3-8,12H2,1-2H3. The third kappa shape index (κ3) is 3.35. The first-order valence-electron chi connectivity index (χ1n) is 5.72. The highest BCUT2D eigenvalue weighted by Crippen LogP contribution is 2.31. The van der Waals surface area contributed by atoms with Crippen LogP contribution >= 0.6 is 0 Å². The van der Waals surface area contributed by atoms with Gasteiger partial charge in [-0.3, -0.25) is 4.21 Å². The molecule has 1 aliphatic carbocycles. The van der Waals surface area contributed by atoms with Crippen LogP contribution in [-0.2, 0) is 10.8 Å². The molecular weight excluding hydrogens is 194 g/mol. The highest BCUT2D eigenvalue weighted by atomic mass is 32.2. The zero-order chi connectivity index (χ0) is 10.6. The molecule has 1 saturated carbocycles. The lowest BCUT2D eigenvalue weighted by Gasteiger charge is -2.31. The zero-order valence-corrected chi connectivity index (χ0v) is 10.2. The summed E-state index contributed by atoms with van der Waals surface area (Å²) in [7, 11) is -0.622. The second-order valence-corrected chi connectivity index (χ2v) is 6.45. The molecule has 0 saturated heterocycles.